The number of aliphatic hydroxyl groups excluding tert-OH is 2. The van der Waals surface area contributed by atoms with Crippen LogP contribution in [-0.2, 0) is 11.3 Å². The van der Waals surface area contributed by atoms with Crippen LogP contribution in [0.15, 0.2) is 53.7 Å². The standard InChI is InChI=1S/C24H30N4O3S/c1-14(2)12-27-24-28(20-21(30)19(29)11-17(23(25)31)22(20)32-24)13-15-6-8-16(9-7-15)18-5-3-4-10-26-18/h3-10,14,17,19-22,29-30H,11-13H2,1-2H3,(H2,25,31). The third-order valence-corrected chi connectivity index (χ3v) is 7.50. The summed E-state index contributed by atoms with van der Waals surface area (Å²) in [5.41, 5.74) is 8.64. The average molecular weight is 455 g/mol. The molecule has 1 aliphatic heterocycles. The number of hydrogen-bond donors (Lipinski definition) is 3. The lowest BCUT2D eigenvalue weighted by atomic mass is 9.80. The number of fused-ring (bicyclic) bond motifs is 1. The molecule has 1 saturated heterocycles. The quantitative estimate of drug-likeness (QED) is 0.617. The van der Waals surface area contributed by atoms with Gasteiger partial charge in [0.15, 0.2) is 5.17 Å². The molecular weight excluding hydrogens is 424 g/mol. The molecule has 4 rings (SSSR count). The van der Waals surface area contributed by atoms with Gasteiger partial charge in [-0.3, -0.25) is 14.8 Å². The Bertz CT molecular complexity index is 967. The number of amidine groups is 1. The molecule has 5 unspecified atom stereocenters. The van der Waals surface area contributed by atoms with Crippen LogP contribution in [0, 0.1) is 11.8 Å². The number of amides is 1. The molecule has 2 fully saturated rings. The molecule has 2 aliphatic rings. The van der Waals surface area contributed by atoms with E-state index in [2.05, 4.69) is 18.8 Å². The lowest BCUT2D eigenvalue weighted by Gasteiger charge is -2.41. The van der Waals surface area contributed by atoms with Gasteiger partial charge in [0.1, 0.15) is 6.10 Å². The number of aliphatic imine (C=N–C) groups is 1. The molecule has 7 nitrogen and oxygen atoms in total. The zero-order valence-electron chi connectivity index (χ0n) is 18.3. The SMILES string of the molecule is CC(C)CN=C1SC2C(C(N)=O)CC(O)C(O)C2N1Cc1ccc(-c2ccccn2)cc1. The molecule has 32 heavy (non-hydrogen) atoms. The van der Waals surface area contributed by atoms with E-state index >= 15 is 0 Å². The van der Waals surface area contributed by atoms with Crippen molar-refractivity contribution >= 4 is 22.8 Å². The molecule has 0 radical (unpaired) electrons. The van der Waals surface area contributed by atoms with Crippen LogP contribution in [0.25, 0.3) is 11.3 Å². The predicted octanol–water partition coefficient (Wildman–Crippen LogP) is 2.27. The fourth-order valence-corrected chi connectivity index (χ4v) is 5.95. The molecule has 170 valence electrons. The van der Waals surface area contributed by atoms with Gasteiger partial charge in [-0.15, -0.1) is 0 Å². The Labute approximate surface area is 192 Å². The minimum absolute atomic E-state index is 0.175. The number of carbonyl (C=O) groups excluding carboxylic acids is 1. The average Bonchev–Trinajstić information content (AvgIpc) is 3.14. The number of carbonyl (C=O) groups is 1. The van der Waals surface area contributed by atoms with Gasteiger partial charge in [-0.25, -0.2) is 0 Å². The van der Waals surface area contributed by atoms with Crippen molar-refractivity contribution in [2.24, 2.45) is 22.6 Å². The Balaban J connectivity index is 1.62. The Morgan fingerprint density at radius 1 is 1.25 bits per heavy atom. The number of benzene rings is 1. The van der Waals surface area contributed by atoms with Crippen LogP contribution in [0.4, 0.5) is 0 Å². The maximum absolute atomic E-state index is 12.1. The van der Waals surface area contributed by atoms with E-state index in [4.69, 9.17) is 10.7 Å². The minimum atomic E-state index is -0.993. The van der Waals surface area contributed by atoms with Crippen molar-refractivity contribution in [1.29, 1.82) is 0 Å². The summed E-state index contributed by atoms with van der Waals surface area (Å²) >= 11 is 1.50. The van der Waals surface area contributed by atoms with Gasteiger partial charge in [0.05, 0.1) is 23.8 Å². The highest BCUT2D eigenvalue weighted by Gasteiger charge is 2.54. The van der Waals surface area contributed by atoms with Crippen LogP contribution in [-0.4, -0.2) is 61.2 Å². The second-order valence-electron chi connectivity index (χ2n) is 8.93. The zero-order chi connectivity index (χ0) is 22.8. The van der Waals surface area contributed by atoms with E-state index in [1.54, 1.807) is 6.20 Å². The number of aromatic nitrogens is 1. The molecule has 2 heterocycles. The number of hydrogen-bond acceptors (Lipinski definition) is 6. The Kier molecular flexibility index (Phi) is 6.83. The predicted molar refractivity (Wildman–Crippen MR) is 127 cm³/mol. The van der Waals surface area contributed by atoms with E-state index in [0.29, 0.717) is 19.0 Å². The van der Waals surface area contributed by atoms with Gasteiger partial charge in [0.25, 0.3) is 0 Å². The van der Waals surface area contributed by atoms with Crippen LogP contribution in [0.1, 0.15) is 25.8 Å². The van der Waals surface area contributed by atoms with E-state index in [1.807, 2.05) is 47.4 Å². The van der Waals surface area contributed by atoms with Crippen LogP contribution in [0.2, 0.25) is 0 Å². The molecule has 1 amide bonds. The Morgan fingerprint density at radius 3 is 2.62 bits per heavy atom. The van der Waals surface area contributed by atoms with Crippen molar-refractivity contribution in [3.63, 3.8) is 0 Å². The second kappa shape index (κ2) is 9.60. The second-order valence-corrected chi connectivity index (χ2v) is 10.1. The molecular formula is C24H30N4O3S. The Morgan fingerprint density at radius 2 is 2.00 bits per heavy atom. The summed E-state index contributed by atoms with van der Waals surface area (Å²) in [5, 5.41) is 21.9. The van der Waals surface area contributed by atoms with Crippen molar-refractivity contribution in [3.8, 4) is 11.3 Å². The van der Waals surface area contributed by atoms with Gasteiger partial charge in [-0.1, -0.05) is 55.9 Å². The molecule has 5 atom stereocenters. The number of nitrogens with zero attached hydrogens (tertiary/aromatic N) is 3. The first-order valence-electron chi connectivity index (χ1n) is 11.0. The van der Waals surface area contributed by atoms with E-state index in [-0.39, 0.29) is 11.7 Å². The normalized spacial score (nSPS) is 28.8. The van der Waals surface area contributed by atoms with Crippen molar-refractivity contribution in [2.45, 2.75) is 50.3 Å². The van der Waals surface area contributed by atoms with E-state index in [1.165, 1.54) is 11.8 Å². The highest BCUT2D eigenvalue weighted by molar-refractivity contribution is 8.14. The number of primary amides is 1. The van der Waals surface area contributed by atoms with Crippen LogP contribution in [0.5, 0.6) is 0 Å². The van der Waals surface area contributed by atoms with Gasteiger partial charge in [0.2, 0.25) is 5.91 Å². The zero-order valence-corrected chi connectivity index (χ0v) is 19.2. The van der Waals surface area contributed by atoms with E-state index in [0.717, 1.165) is 22.0 Å². The molecule has 0 bridgehead atoms. The molecule has 4 N–H and O–H groups in total. The fraction of sp³-hybridized carbons (Fsp3) is 0.458. The largest absolute Gasteiger partial charge is 0.390 e. The maximum Gasteiger partial charge on any atom is 0.221 e. The summed E-state index contributed by atoms with van der Waals surface area (Å²) in [5.74, 6) is -0.569. The number of nitrogens with two attached hydrogens (primary N) is 1. The van der Waals surface area contributed by atoms with Crippen molar-refractivity contribution < 1.29 is 15.0 Å². The molecule has 1 aromatic carbocycles. The molecule has 0 spiro atoms. The first-order chi connectivity index (χ1) is 15.3. The highest BCUT2D eigenvalue weighted by Crippen LogP contribution is 2.44. The minimum Gasteiger partial charge on any atom is -0.390 e. The van der Waals surface area contributed by atoms with E-state index in [9.17, 15) is 15.0 Å². The first-order valence-corrected chi connectivity index (χ1v) is 11.9. The Hall–Kier alpha value is -2.42. The van der Waals surface area contributed by atoms with Gasteiger partial charge in [-0.05, 0) is 30.0 Å². The van der Waals surface area contributed by atoms with Crippen molar-refractivity contribution in [3.05, 3.63) is 54.2 Å². The summed E-state index contributed by atoms with van der Waals surface area (Å²) in [6, 6.07) is 13.5. The summed E-state index contributed by atoms with van der Waals surface area (Å²) in [7, 11) is 0. The summed E-state index contributed by atoms with van der Waals surface area (Å²) < 4.78 is 0. The van der Waals surface area contributed by atoms with Gasteiger partial charge in [-0.2, -0.15) is 0 Å². The molecule has 1 saturated carbocycles. The lowest BCUT2D eigenvalue weighted by molar-refractivity contribution is -0.128. The van der Waals surface area contributed by atoms with Crippen molar-refractivity contribution in [2.75, 3.05) is 6.54 Å². The number of aliphatic hydroxyl groups is 2. The van der Waals surface area contributed by atoms with Crippen molar-refractivity contribution in [1.82, 2.24) is 9.88 Å². The highest BCUT2D eigenvalue weighted by atomic mass is 32.2. The van der Waals surface area contributed by atoms with Crippen LogP contribution < -0.4 is 5.73 Å². The summed E-state index contributed by atoms with van der Waals surface area (Å²) in [6.45, 7) is 5.37. The third kappa shape index (κ3) is 4.67. The van der Waals surface area contributed by atoms with E-state index < -0.39 is 30.1 Å². The lowest BCUT2D eigenvalue weighted by Crippen LogP contribution is -2.58. The van der Waals surface area contributed by atoms with Gasteiger partial charge in [0, 0.05) is 30.1 Å². The molecule has 1 aromatic heterocycles. The summed E-state index contributed by atoms with van der Waals surface area (Å²) in [6.07, 6.45) is -0.0161. The number of pyridine rings is 1. The monoisotopic (exact) mass is 454 g/mol. The smallest absolute Gasteiger partial charge is 0.221 e. The first kappa shape index (κ1) is 22.8. The topological polar surface area (TPSA) is 112 Å². The number of thioether (sulfide) groups is 1. The fourth-order valence-electron chi connectivity index (χ4n) is 4.38. The molecule has 1 aliphatic carbocycles. The number of rotatable bonds is 6. The summed E-state index contributed by atoms with van der Waals surface area (Å²) in [4.78, 5) is 23.3. The maximum atomic E-state index is 12.1. The third-order valence-electron chi connectivity index (χ3n) is 6.04. The van der Waals surface area contributed by atoms with Crippen LogP contribution >= 0.6 is 11.8 Å². The molecule has 8 heteroatoms. The van der Waals surface area contributed by atoms with Gasteiger partial charge < -0.3 is 20.8 Å². The molecule has 2 aromatic rings. The van der Waals surface area contributed by atoms with Crippen LogP contribution in [0.3, 0.4) is 0 Å². The van der Waals surface area contributed by atoms with Gasteiger partial charge >= 0.3 is 0 Å².